The molecule has 0 bridgehead atoms. The first-order valence-corrected chi connectivity index (χ1v) is 8.69. The van der Waals surface area contributed by atoms with Gasteiger partial charge in [0.25, 0.3) is 0 Å². The molecule has 0 radical (unpaired) electrons. The van der Waals surface area contributed by atoms with Crippen molar-refractivity contribution in [3.63, 3.8) is 0 Å². The lowest BCUT2D eigenvalue weighted by molar-refractivity contribution is -0.138. The smallest absolute Gasteiger partial charge is 0.415 e. The van der Waals surface area contributed by atoms with Crippen LogP contribution in [0, 0.1) is 0 Å². The average Bonchev–Trinajstić information content (AvgIpc) is 2.64. The van der Waals surface area contributed by atoms with Crippen LogP contribution in [0.4, 0.5) is 10.5 Å². The Hall–Kier alpha value is -3.22. The van der Waals surface area contributed by atoms with Crippen molar-refractivity contribution in [2.45, 2.75) is 32.4 Å². The molecule has 0 aliphatic heterocycles. The highest BCUT2D eigenvalue weighted by molar-refractivity contribution is 5.96. The molecule has 7 nitrogen and oxygen atoms in total. The van der Waals surface area contributed by atoms with E-state index in [0.717, 1.165) is 4.90 Å². The van der Waals surface area contributed by atoms with Crippen LogP contribution in [0.25, 0.3) is 0 Å². The number of ether oxygens (including phenoxy) is 3. The lowest BCUT2D eigenvalue weighted by Crippen LogP contribution is -2.42. The van der Waals surface area contributed by atoms with Crippen LogP contribution in [0.3, 0.4) is 0 Å². The fourth-order valence-electron chi connectivity index (χ4n) is 2.63. The number of methoxy groups -OCH3 is 2. The minimum Gasteiger partial charge on any atom is -0.497 e. The van der Waals surface area contributed by atoms with Gasteiger partial charge < -0.3 is 19.3 Å². The van der Waals surface area contributed by atoms with E-state index in [9.17, 15) is 14.7 Å². The van der Waals surface area contributed by atoms with Crippen molar-refractivity contribution >= 4 is 17.7 Å². The minimum absolute atomic E-state index is 0.366. The van der Waals surface area contributed by atoms with Crippen molar-refractivity contribution in [3.8, 4) is 11.5 Å². The van der Waals surface area contributed by atoms with Crippen molar-refractivity contribution in [1.29, 1.82) is 0 Å². The van der Waals surface area contributed by atoms with Gasteiger partial charge in [-0.1, -0.05) is 12.1 Å². The van der Waals surface area contributed by atoms with Gasteiger partial charge in [-0.15, -0.1) is 0 Å². The summed E-state index contributed by atoms with van der Waals surface area (Å²) in [6, 6.07) is 11.8. The van der Waals surface area contributed by atoms with E-state index in [4.69, 9.17) is 14.2 Å². The maximum atomic E-state index is 13.0. The van der Waals surface area contributed by atoms with Crippen LogP contribution in [-0.4, -0.2) is 37.0 Å². The van der Waals surface area contributed by atoms with E-state index in [2.05, 4.69) is 0 Å². The number of benzene rings is 2. The Balaban J connectivity index is 2.57. The molecule has 2 rings (SSSR count). The summed E-state index contributed by atoms with van der Waals surface area (Å²) in [5.41, 5.74) is -0.0435. The number of carboxylic acid groups (broad SMARTS) is 1. The van der Waals surface area contributed by atoms with Crippen LogP contribution in [0.15, 0.2) is 48.5 Å². The topological polar surface area (TPSA) is 85.3 Å². The Kier molecular flexibility index (Phi) is 6.51. The normalized spacial score (nSPS) is 12.0. The summed E-state index contributed by atoms with van der Waals surface area (Å²) in [7, 11) is 3.01. The number of rotatable bonds is 6. The fraction of sp³-hybridized carbons (Fsp3) is 0.333. The van der Waals surface area contributed by atoms with E-state index in [-0.39, 0.29) is 0 Å². The Labute approximate surface area is 164 Å². The number of carbonyl (C=O) groups excluding carboxylic acids is 1. The lowest BCUT2D eigenvalue weighted by Gasteiger charge is -2.32. The van der Waals surface area contributed by atoms with Crippen molar-refractivity contribution in [3.05, 3.63) is 54.1 Å². The highest BCUT2D eigenvalue weighted by Crippen LogP contribution is 2.32. The van der Waals surface area contributed by atoms with Gasteiger partial charge in [0, 0.05) is 5.69 Å². The van der Waals surface area contributed by atoms with E-state index in [1.54, 1.807) is 69.3 Å². The summed E-state index contributed by atoms with van der Waals surface area (Å²) in [6.45, 7) is 5.16. The lowest BCUT2D eigenvalue weighted by atomic mass is 10.0. The Morgan fingerprint density at radius 1 is 0.964 bits per heavy atom. The van der Waals surface area contributed by atoms with E-state index in [1.807, 2.05) is 0 Å². The Morgan fingerprint density at radius 2 is 1.57 bits per heavy atom. The predicted molar refractivity (Wildman–Crippen MR) is 105 cm³/mol. The highest BCUT2D eigenvalue weighted by atomic mass is 16.6. The van der Waals surface area contributed by atoms with Gasteiger partial charge >= 0.3 is 12.1 Å². The SMILES string of the molecule is COc1ccc(N(C(=O)OC(C)(C)C)[C@@H](C(=O)O)c2cccc(OC)c2)cc1. The minimum atomic E-state index is -1.31. The zero-order chi connectivity index (χ0) is 20.9. The second-order valence-corrected chi connectivity index (χ2v) is 7.07. The van der Waals surface area contributed by atoms with Crippen molar-refractivity contribution in [2.24, 2.45) is 0 Å². The number of aliphatic carboxylic acids is 1. The average molecular weight is 387 g/mol. The number of hydrogen-bond donors (Lipinski definition) is 1. The van der Waals surface area contributed by atoms with Gasteiger partial charge in [-0.25, -0.2) is 9.59 Å². The van der Waals surface area contributed by atoms with Crippen molar-refractivity contribution < 1.29 is 28.9 Å². The third kappa shape index (κ3) is 5.16. The van der Waals surface area contributed by atoms with Gasteiger partial charge in [0.05, 0.1) is 14.2 Å². The first kappa shape index (κ1) is 21.1. The molecule has 0 aliphatic rings. The molecule has 150 valence electrons. The summed E-state index contributed by atoms with van der Waals surface area (Å²) in [6.07, 6.45) is -0.770. The monoisotopic (exact) mass is 387 g/mol. The first-order chi connectivity index (χ1) is 13.2. The van der Waals surface area contributed by atoms with Gasteiger partial charge in [0.1, 0.15) is 17.1 Å². The zero-order valence-corrected chi connectivity index (χ0v) is 16.6. The van der Waals surface area contributed by atoms with Gasteiger partial charge in [0.15, 0.2) is 6.04 Å². The predicted octanol–water partition coefficient (Wildman–Crippen LogP) is 4.27. The van der Waals surface area contributed by atoms with E-state index >= 15 is 0 Å². The molecule has 0 saturated heterocycles. The van der Waals surface area contributed by atoms with Gasteiger partial charge in [-0.3, -0.25) is 4.90 Å². The van der Waals surface area contributed by atoms with Crippen LogP contribution in [0.1, 0.15) is 32.4 Å². The second-order valence-electron chi connectivity index (χ2n) is 7.07. The van der Waals surface area contributed by atoms with Crippen LogP contribution in [-0.2, 0) is 9.53 Å². The highest BCUT2D eigenvalue weighted by Gasteiger charge is 2.35. The molecule has 1 amide bonds. The molecule has 0 spiro atoms. The molecule has 0 fully saturated rings. The summed E-state index contributed by atoms with van der Waals surface area (Å²) in [4.78, 5) is 26.3. The fourth-order valence-corrected chi connectivity index (χ4v) is 2.63. The van der Waals surface area contributed by atoms with Crippen molar-refractivity contribution in [1.82, 2.24) is 0 Å². The van der Waals surface area contributed by atoms with Crippen LogP contribution >= 0.6 is 0 Å². The molecule has 0 unspecified atom stereocenters. The summed E-state index contributed by atoms with van der Waals surface area (Å²) in [5, 5.41) is 9.96. The number of amides is 1. The van der Waals surface area contributed by atoms with Gasteiger partial charge in [-0.05, 0) is 62.7 Å². The largest absolute Gasteiger partial charge is 0.497 e. The molecule has 0 saturated carbocycles. The van der Waals surface area contributed by atoms with Crippen LogP contribution in [0.5, 0.6) is 11.5 Å². The van der Waals surface area contributed by atoms with Crippen LogP contribution < -0.4 is 14.4 Å². The van der Waals surface area contributed by atoms with Gasteiger partial charge in [0.2, 0.25) is 0 Å². The zero-order valence-electron chi connectivity index (χ0n) is 16.6. The maximum absolute atomic E-state index is 13.0. The molecule has 0 heterocycles. The molecule has 28 heavy (non-hydrogen) atoms. The maximum Gasteiger partial charge on any atom is 0.415 e. The molecule has 1 atom stereocenters. The second kappa shape index (κ2) is 8.65. The number of hydrogen-bond acceptors (Lipinski definition) is 5. The first-order valence-electron chi connectivity index (χ1n) is 8.69. The molecule has 2 aromatic rings. The molecule has 7 heteroatoms. The molecule has 0 aliphatic carbocycles. The molecular formula is C21H25NO6. The number of carbonyl (C=O) groups is 2. The van der Waals surface area contributed by atoms with Crippen LogP contribution in [0.2, 0.25) is 0 Å². The summed E-state index contributed by atoms with van der Waals surface area (Å²) < 4.78 is 15.8. The quantitative estimate of drug-likeness (QED) is 0.797. The molecular weight excluding hydrogens is 362 g/mol. The Morgan fingerprint density at radius 3 is 2.07 bits per heavy atom. The van der Waals surface area contributed by atoms with E-state index in [1.165, 1.54) is 14.2 Å². The van der Waals surface area contributed by atoms with E-state index < -0.39 is 23.7 Å². The Bertz CT molecular complexity index is 826. The summed E-state index contributed by atoms with van der Waals surface area (Å²) in [5.74, 6) is -0.126. The van der Waals surface area contributed by atoms with E-state index in [0.29, 0.717) is 22.7 Å². The molecule has 2 aromatic carbocycles. The number of carboxylic acids is 1. The third-order valence-electron chi connectivity index (χ3n) is 3.84. The number of anilines is 1. The number of nitrogens with zero attached hydrogens (tertiary/aromatic N) is 1. The molecule has 1 N–H and O–H groups in total. The summed E-state index contributed by atoms with van der Waals surface area (Å²) >= 11 is 0. The molecule has 0 aromatic heterocycles. The van der Waals surface area contributed by atoms with Crippen molar-refractivity contribution in [2.75, 3.05) is 19.1 Å². The van der Waals surface area contributed by atoms with Gasteiger partial charge in [-0.2, -0.15) is 0 Å². The standard InChI is InChI=1S/C21H25NO6/c1-21(2,3)28-20(25)22(15-9-11-16(26-4)12-10-15)18(19(23)24)14-7-6-8-17(13-14)27-5/h6-13,18H,1-5H3,(H,23,24)/t18-/m1/s1. The third-order valence-corrected chi connectivity index (χ3v) is 3.84.